The monoisotopic (exact) mass is 376 g/mol. The van der Waals surface area contributed by atoms with Crippen LogP contribution in [0.2, 0.25) is 0 Å². The van der Waals surface area contributed by atoms with Crippen molar-refractivity contribution in [3.63, 3.8) is 0 Å². The summed E-state index contributed by atoms with van der Waals surface area (Å²) in [6.07, 6.45) is 0.524. The number of para-hydroxylation sites is 3. The quantitative estimate of drug-likeness (QED) is 0.645. The van der Waals surface area contributed by atoms with Crippen LogP contribution in [0.5, 0.6) is 0 Å². The Hall–Kier alpha value is -3.41. The molecule has 2 aromatic carbocycles. The van der Waals surface area contributed by atoms with E-state index in [0.717, 1.165) is 22.5 Å². The molecule has 0 atom stereocenters. The fourth-order valence-electron chi connectivity index (χ4n) is 2.97. The molecular formula is C22H24N4O2. The van der Waals surface area contributed by atoms with Crippen LogP contribution >= 0.6 is 0 Å². The third-order valence-electron chi connectivity index (χ3n) is 4.57. The Labute approximate surface area is 164 Å². The topological polar surface area (TPSA) is 67.2 Å². The summed E-state index contributed by atoms with van der Waals surface area (Å²) in [5.74, 6) is 0.544. The van der Waals surface area contributed by atoms with Gasteiger partial charge >= 0.3 is 0 Å². The number of carbonyl (C=O) groups is 2. The molecule has 0 saturated carbocycles. The van der Waals surface area contributed by atoms with Gasteiger partial charge in [-0.3, -0.25) is 9.59 Å². The Bertz CT molecular complexity index is 1010. The van der Waals surface area contributed by atoms with Crippen molar-refractivity contribution in [2.75, 3.05) is 18.5 Å². The van der Waals surface area contributed by atoms with E-state index in [0.29, 0.717) is 18.5 Å². The average Bonchev–Trinajstić information content (AvgIpc) is 3.05. The second kappa shape index (κ2) is 8.52. The molecule has 1 N–H and O–H groups in total. The number of imidazole rings is 1. The van der Waals surface area contributed by atoms with Crippen LogP contribution in [0, 0.1) is 0 Å². The van der Waals surface area contributed by atoms with Crippen LogP contribution in [-0.4, -0.2) is 35.0 Å². The third kappa shape index (κ3) is 4.28. The molecule has 0 radical (unpaired) electrons. The van der Waals surface area contributed by atoms with Gasteiger partial charge in [-0.1, -0.05) is 36.9 Å². The second-order valence-corrected chi connectivity index (χ2v) is 6.68. The summed E-state index contributed by atoms with van der Waals surface area (Å²) >= 11 is 0. The Morgan fingerprint density at radius 2 is 1.79 bits per heavy atom. The van der Waals surface area contributed by atoms with Crippen molar-refractivity contribution in [3.8, 4) is 0 Å². The Morgan fingerprint density at radius 1 is 1.11 bits per heavy atom. The number of nitrogens with one attached hydrogen (secondary N) is 1. The van der Waals surface area contributed by atoms with Crippen LogP contribution in [0.25, 0.3) is 11.0 Å². The molecule has 0 aliphatic heterocycles. The number of anilines is 1. The van der Waals surface area contributed by atoms with E-state index in [1.54, 1.807) is 18.9 Å². The predicted molar refractivity (Wildman–Crippen MR) is 111 cm³/mol. The number of amides is 2. The van der Waals surface area contributed by atoms with Gasteiger partial charge in [0.2, 0.25) is 11.8 Å². The third-order valence-corrected chi connectivity index (χ3v) is 4.57. The van der Waals surface area contributed by atoms with Crippen molar-refractivity contribution in [1.29, 1.82) is 0 Å². The lowest BCUT2D eigenvalue weighted by atomic mass is 10.3. The van der Waals surface area contributed by atoms with Crippen molar-refractivity contribution in [3.05, 3.63) is 72.6 Å². The Balaban J connectivity index is 1.81. The number of nitrogens with zero attached hydrogens (tertiary/aromatic N) is 3. The minimum atomic E-state index is -0.178. The number of fused-ring (bicyclic) bond motifs is 1. The van der Waals surface area contributed by atoms with Crippen molar-refractivity contribution >= 4 is 28.5 Å². The highest BCUT2D eigenvalue weighted by Crippen LogP contribution is 2.18. The van der Waals surface area contributed by atoms with E-state index in [2.05, 4.69) is 16.9 Å². The summed E-state index contributed by atoms with van der Waals surface area (Å²) in [4.78, 5) is 30.9. The summed E-state index contributed by atoms with van der Waals surface area (Å²) in [6.45, 7) is 5.91. The van der Waals surface area contributed by atoms with Gasteiger partial charge < -0.3 is 14.8 Å². The van der Waals surface area contributed by atoms with E-state index in [9.17, 15) is 9.59 Å². The molecule has 0 aliphatic rings. The second-order valence-electron chi connectivity index (χ2n) is 6.68. The maximum absolute atomic E-state index is 12.9. The van der Waals surface area contributed by atoms with Crippen molar-refractivity contribution in [2.45, 2.75) is 19.9 Å². The van der Waals surface area contributed by atoms with E-state index in [4.69, 9.17) is 0 Å². The van der Waals surface area contributed by atoms with Gasteiger partial charge in [0.25, 0.3) is 0 Å². The molecule has 144 valence electrons. The number of likely N-dealkylation sites (N-methyl/N-ethyl adjacent to an activating group) is 1. The van der Waals surface area contributed by atoms with Crippen LogP contribution in [0.3, 0.4) is 0 Å². The van der Waals surface area contributed by atoms with Gasteiger partial charge in [0.1, 0.15) is 12.4 Å². The summed E-state index contributed by atoms with van der Waals surface area (Å²) in [5.41, 5.74) is 3.04. The molecule has 0 bridgehead atoms. The van der Waals surface area contributed by atoms with Gasteiger partial charge in [-0.2, -0.15) is 0 Å². The lowest BCUT2D eigenvalue weighted by Crippen LogP contribution is -2.31. The lowest BCUT2D eigenvalue weighted by molar-refractivity contribution is -0.119. The number of rotatable bonds is 7. The van der Waals surface area contributed by atoms with Crippen molar-refractivity contribution < 1.29 is 9.59 Å². The summed E-state index contributed by atoms with van der Waals surface area (Å²) in [5, 5.41) is 2.82. The zero-order valence-electron chi connectivity index (χ0n) is 16.2. The molecule has 3 aromatic rings. The van der Waals surface area contributed by atoms with Gasteiger partial charge in [0.05, 0.1) is 11.0 Å². The van der Waals surface area contributed by atoms with Gasteiger partial charge in [0, 0.05) is 31.3 Å². The average molecular weight is 376 g/mol. The molecule has 0 fully saturated rings. The van der Waals surface area contributed by atoms with Crippen LogP contribution in [-0.2, 0) is 22.6 Å². The zero-order chi connectivity index (χ0) is 20.1. The highest BCUT2D eigenvalue weighted by Gasteiger charge is 2.17. The summed E-state index contributed by atoms with van der Waals surface area (Å²) < 4.78 is 1.92. The van der Waals surface area contributed by atoms with E-state index in [1.165, 1.54) is 0 Å². The molecule has 3 rings (SSSR count). The first-order valence-corrected chi connectivity index (χ1v) is 9.17. The molecule has 0 unspecified atom stereocenters. The van der Waals surface area contributed by atoms with Crippen LogP contribution in [0.15, 0.2) is 66.7 Å². The van der Waals surface area contributed by atoms with Gasteiger partial charge in [-0.05, 0) is 31.2 Å². The largest absolute Gasteiger partial charge is 0.352 e. The standard InChI is InChI=1S/C22H24N4O2/c1-16(2)22(28)23-14-13-20-24-18-11-7-8-12-19(18)26(20)15-21(27)25(3)17-9-5-4-6-10-17/h4-12H,1,13-15H2,2-3H3,(H,23,28). The number of hydrogen-bond acceptors (Lipinski definition) is 3. The Kier molecular flexibility index (Phi) is 5.89. The van der Waals surface area contributed by atoms with Crippen molar-refractivity contribution in [2.24, 2.45) is 0 Å². The zero-order valence-corrected chi connectivity index (χ0v) is 16.2. The first-order valence-electron chi connectivity index (χ1n) is 9.17. The van der Waals surface area contributed by atoms with Crippen molar-refractivity contribution in [1.82, 2.24) is 14.9 Å². The number of carbonyl (C=O) groups excluding carboxylic acids is 2. The molecule has 0 aliphatic carbocycles. The maximum Gasteiger partial charge on any atom is 0.246 e. The Morgan fingerprint density at radius 3 is 2.50 bits per heavy atom. The smallest absolute Gasteiger partial charge is 0.246 e. The van der Waals surface area contributed by atoms with E-state index in [-0.39, 0.29) is 18.4 Å². The molecule has 28 heavy (non-hydrogen) atoms. The highest BCUT2D eigenvalue weighted by molar-refractivity contribution is 5.93. The SMILES string of the molecule is C=C(C)C(=O)NCCc1nc2ccccc2n1CC(=O)N(C)c1ccccc1. The lowest BCUT2D eigenvalue weighted by Gasteiger charge is -2.18. The molecule has 2 amide bonds. The normalized spacial score (nSPS) is 10.6. The summed E-state index contributed by atoms with van der Waals surface area (Å²) in [7, 11) is 1.77. The maximum atomic E-state index is 12.9. The van der Waals surface area contributed by atoms with Gasteiger partial charge in [-0.25, -0.2) is 4.98 Å². The minimum absolute atomic E-state index is 0.0402. The predicted octanol–water partition coefficient (Wildman–Crippen LogP) is 2.93. The van der Waals surface area contributed by atoms with E-state index in [1.807, 2.05) is 59.2 Å². The molecule has 0 saturated heterocycles. The van der Waals surface area contributed by atoms with Crippen LogP contribution < -0.4 is 10.2 Å². The molecule has 6 nitrogen and oxygen atoms in total. The van der Waals surface area contributed by atoms with Gasteiger partial charge in [0.15, 0.2) is 0 Å². The molecule has 6 heteroatoms. The van der Waals surface area contributed by atoms with E-state index >= 15 is 0 Å². The summed E-state index contributed by atoms with van der Waals surface area (Å²) in [6, 6.07) is 17.3. The van der Waals surface area contributed by atoms with Gasteiger partial charge in [-0.15, -0.1) is 0 Å². The fourth-order valence-corrected chi connectivity index (χ4v) is 2.97. The highest BCUT2D eigenvalue weighted by atomic mass is 16.2. The van der Waals surface area contributed by atoms with Crippen LogP contribution in [0.1, 0.15) is 12.7 Å². The number of hydrogen-bond donors (Lipinski definition) is 1. The van der Waals surface area contributed by atoms with E-state index < -0.39 is 0 Å². The number of benzene rings is 2. The van der Waals surface area contributed by atoms with Crippen LogP contribution in [0.4, 0.5) is 5.69 Å². The molecule has 1 aromatic heterocycles. The molecular weight excluding hydrogens is 352 g/mol. The fraction of sp³-hybridized carbons (Fsp3) is 0.227. The first-order chi connectivity index (χ1) is 13.5. The first kappa shape index (κ1) is 19.4. The number of aromatic nitrogens is 2. The molecule has 1 heterocycles. The minimum Gasteiger partial charge on any atom is -0.352 e. The molecule has 0 spiro atoms.